The molecule has 0 N–H and O–H groups in total. The summed E-state index contributed by atoms with van der Waals surface area (Å²) in [5.41, 5.74) is 6.82. The Kier molecular flexibility index (Phi) is 11.9. The standard InChI is InChI=1S/C29H41N5.2ClH/c1-6-26(7-2)33-18-16-32(17-19-33)15-9-10-24-11-13-25(14-12-24)21-34-27(8-3)31-28-22(4)20-23(5)30-29(28)34;;/h9-14,20,26H,6-8,15-19,21H2,1-5H3;2*1H/b10-9+;;. The summed E-state index contributed by atoms with van der Waals surface area (Å²) in [7, 11) is 0. The number of halogens is 2. The predicted molar refractivity (Wildman–Crippen MR) is 158 cm³/mol. The Labute approximate surface area is 229 Å². The molecule has 0 unspecified atom stereocenters. The molecule has 1 saturated heterocycles. The molecule has 0 saturated carbocycles. The first-order valence-corrected chi connectivity index (χ1v) is 13.1. The van der Waals surface area contributed by atoms with E-state index in [1.807, 2.05) is 0 Å². The van der Waals surface area contributed by atoms with Crippen molar-refractivity contribution in [3.63, 3.8) is 0 Å². The quantitative estimate of drug-likeness (QED) is 0.323. The van der Waals surface area contributed by atoms with Crippen LogP contribution in [0.3, 0.4) is 0 Å². The van der Waals surface area contributed by atoms with Gasteiger partial charge in [0.05, 0.1) is 6.54 Å². The van der Waals surface area contributed by atoms with Gasteiger partial charge in [0.25, 0.3) is 0 Å². The van der Waals surface area contributed by atoms with Crippen LogP contribution in [0.25, 0.3) is 17.2 Å². The largest absolute Gasteiger partial charge is 0.308 e. The molecule has 0 amide bonds. The molecule has 0 spiro atoms. The van der Waals surface area contributed by atoms with Gasteiger partial charge in [0, 0.05) is 50.9 Å². The van der Waals surface area contributed by atoms with E-state index < -0.39 is 0 Å². The monoisotopic (exact) mass is 531 g/mol. The Morgan fingerprint density at radius 3 is 2.19 bits per heavy atom. The van der Waals surface area contributed by atoms with Crippen LogP contribution in [-0.2, 0) is 13.0 Å². The van der Waals surface area contributed by atoms with Gasteiger partial charge in [0.2, 0.25) is 0 Å². The van der Waals surface area contributed by atoms with E-state index in [1.165, 1.54) is 55.7 Å². The number of aryl methyl sites for hydroxylation is 3. The van der Waals surface area contributed by atoms with E-state index in [9.17, 15) is 0 Å². The first-order valence-electron chi connectivity index (χ1n) is 13.1. The van der Waals surface area contributed by atoms with E-state index in [0.717, 1.165) is 48.2 Å². The number of benzene rings is 1. The molecule has 7 heteroatoms. The van der Waals surface area contributed by atoms with Gasteiger partial charge in [-0.15, -0.1) is 24.8 Å². The summed E-state index contributed by atoms with van der Waals surface area (Å²) >= 11 is 0. The van der Waals surface area contributed by atoms with Crippen molar-refractivity contribution in [2.75, 3.05) is 32.7 Å². The van der Waals surface area contributed by atoms with Crippen LogP contribution in [0.15, 0.2) is 36.4 Å². The smallest absolute Gasteiger partial charge is 0.160 e. The van der Waals surface area contributed by atoms with Crippen molar-refractivity contribution < 1.29 is 0 Å². The molecular weight excluding hydrogens is 489 g/mol. The molecule has 3 heterocycles. The minimum Gasteiger partial charge on any atom is -0.308 e. The lowest BCUT2D eigenvalue weighted by atomic mass is 10.1. The molecule has 0 radical (unpaired) electrons. The number of hydrogen-bond acceptors (Lipinski definition) is 4. The molecule has 1 fully saturated rings. The molecular formula is C29H43Cl2N5. The Bertz CT molecular complexity index is 1110. The van der Waals surface area contributed by atoms with Crippen molar-refractivity contribution >= 4 is 42.1 Å². The SMILES string of the molecule is CCc1nc2c(C)cc(C)nc2n1Cc1ccc(/C=C/CN2CCN(C(CC)CC)CC2)cc1.Cl.Cl. The van der Waals surface area contributed by atoms with Gasteiger partial charge in [0.1, 0.15) is 11.3 Å². The van der Waals surface area contributed by atoms with Crippen molar-refractivity contribution in [2.24, 2.45) is 0 Å². The summed E-state index contributed by atoms with van der Waals surface area (Å²) in [6, 6.07) is 11.8. The van der Waals surface area contributed by atoms with Crippen LogP contribution in [-0.4, -0.2) is 63.1 Å². The molecule has 0 bridgehead atoms. The molecule has 1 aliphatic heterocycles. The third-order valence-corrected chi connectivity index (χ3v) is 7.28. The summed E-state index contributed by atoms with van der Waals surface area (Å²) < 4.78 is 2.28. The Morgan fingerprint density at radius 2 is 1.58 bits per heavy atom. The maximum absolute atomic E-state index is 4.88. The van der Waals surface area contributed by atoms with Gasteiger partial charge in [-0.3, -0.25) is 9.80 Å². The topological polar surface area (TPSA) is 37.2 Å². The normalized spacial score (nSPS) is 14.9. The van der Waals surface area contributed by atoms with Gasteiger partial charge >= 0.3 is 0 Å². The average Bonchev–Trinajstić information content (AvgIpc) is 3.19. The highest BCUT2D eigenvalue weighted by atomic mass is 35.5. The fraction of sp³-hybridized carbons (Fsp3) is 0.517. The zero-order valence-corrected chi connectivity index (χ0v) is 24.2. The molecule has 2 aromatic heterocycles. The van der Waals surface area contributed by atoms with Crippen molar-refractivity contribution in [3.8, 4) is 0 Å². The van der Waals surface area contributed by atoms with Gasteiger partial charge in [-0.25, -0.2) is 9.97 Å². The van der Waals surface area contributed by atoms with Crippen molar-refractivity contribution in [3.05, 3.63) is 64.6 Å². The Hall–Kier alpha value is -1.92. The molecule has 5 nitrogen and oxygen atoms in total. The lowest BCUT2D eigenvalue weighted by molar-refractivity contribution is 0.0989. The Balaban J connectivity index is 0.00000228. The van der Waals surface area contributed by atoms with Crippen LogP contribution in [0, 0.1) is 13.8 Å². The maximum Gasteiger partial charge on any atom is 0.160 e. The second-order valence-electron chi connectivity index (χ2n) is 9.67. The van der Waals surface area contributed by atoms with Crippen LogP contribution in [0.2, 0.25) is 0 Å². The number of hydrogen-bond donors (Lipinski definition) is 0. The minimum atomic E-state index is 0. The molecule has 1 aliphatic rings. The number of rotatable bonds is 9. The van der Waals surface area contributed by atoms with Gasteiger partial charge in [-0.1, -0.05) is 57.2 Å². The zero-order chi connectivity index (χ0) is 24.1. The van der Waals surface area contributed by atoms with Gasteiger partial charge in [-0.2, -0.15) is 0 Å². The summed E-state index contributed by atoms with van der Waals surface area (Å²) in [6.07, 6.45) is 8.00. The molecule has 1 aromatic carbocycles. The molecule has 36 heavy (non-hydrogen) atoms. The number of fused-ring (bicyclic) bond motifs is 1. The first-order chi connectivity index (χ1) is 16.5. The van der Waals surface area contributed by atoms with Crippen LogP contribution < -0.4 is 0 Å². The summed E-state index contributed by atoms with van der Waals surface area (Å²) in [6.45, 7) is 17.6. The maximum atomic E-state index is 4.88. The number of aromatic nitrogens is 3. The molecule has 3 aromatic rings. The van der Waals surface area contributed by atoms with E-state index in [2.05, 4.69) is 91.5 Å². The van der Waals surface area contributed by atoms with Gasteiger partial charge in [-0.05, 0) is 49.4 Å². The number of pyridine rings is 1. The van der Waals surface area contributed by atoms with Crippen molar-refractivity contribution in [2.45, 2.75) is 66.5 Å². The lowest BCUT2D eigenvalue weighted by Crippen LogP contribution is -2.49. The highest BCUT2D eigenvalue weighted by Crippen LogP contribution is 2.21. The zero-order valence-electron chi connectivity index (χ0n) is 22.5. The fourth-order valence-corrected chi connectivity index (χ4v) is 5.26. The van der Waals surface area contributed by atoms with E-state index in [0.29, 0.717) is 0 Å². The highest BCUT2D eigenvalue weighted by Gasteiger charge is 2.20. The molecule has 0 aliphatic carbocycles. The first kappa shape index (κ1) is 30.3. The van der Waals surface area contributed by atoms with E-state index in [-0.39, 0.29) is 24.8 Å². The Morgan fingerprint density at radius 1 is 0.917 bits per heavy atom. The second-order valence-corrected chi connectivity index (χ2v) is 9.67. The van der Waals surface area contributed by atoms with Crippen LogP contribution in [0.5, 0.6) is 0 Å². The summed E-state index contributed by atoms with van der Waals surface area (Å²) in [4.78, 5) is 14.9. The second kappa shape index (κ2) is 14.1. The summed E-state index contributed by atoms with van der Waals surface area (Å²) in [5, 5.41) is 0. The van der Waals surface area contributed by atoms with Crippen LogP contribution in [0.4, 0.5) is 0 Å². The average molecular weight is 533 g/mol. The highest BCUT2D eigenvalue weighted by molar-refractivity contribution is 5.85. The molecule has 0 atom stereocenters. The van der Waals surface area contributed by atoms with E-state index in [1.54, 1.807) is 0 Å². The number of imidazole rings is 1. The molecule has 198 valence electrons. The van der Waals surface area contributed by atoms with Crippen LogP contribution in [0.1, 0.15) is 61.8 Å². The fourth-order valence-electron chi connectivity index (χ4n) is 5.26. The molecule has 4 rings (SSSR count). The number of piperazine rings is 1. The third-order valence-electron chi connectivity index (χ3n) is 7.28. The van der Waals surface area contributed by atoms with Gasteiger partial charge < -0.3 is 4.57 Å². The number of nitrogens with zero attached hydrogens (tertiary/aromatic N) is 5. The lowest BCUT2D eigenvalue weighted by Gasteiger charge is -2.38. The third kappa shape index (κ3) is 7.10. The minimum absolute atomic E-state index is 0. The van der Waals surface area contributed by atoms with Crippen molar-refractivity contribution in [1.29, 1.82) is 0 Å². The van der Waals surface area contributed by atoms with E-state index >= 15 is 0 Å². The van der Waals surface area contributed by atoms with E-state index in [4.69, 9.17) is 9.97 Å². The summed E-state index contributed by atoms with van der Waals surface area (Å²) in [5.74, 6) is 1.10. The van der Waals surface area contributed by atoms with Crippen LogP contribution >= 0.6 is 24.8 Å². The van der Waals surface area contributed by atoms with Crippen molar-refractivity contribution in [1.82, 2.24) is 24.3 Å². The van der Waals surface area contributed by atoms with Gasteiger partial charge in [0.15, 0.2) is 5.65 Å². The predicted octanol–water partition coefficient (Wildman–Crippen LogP) is 6.32.